The van der Waals surface area contributed by atoms with Gasteiger partial charge in [0, 0.05) is 56.6 Å². The number of anilines is 2. The van der Waals surface area contributed by atoms with Gasteiger partial charge in [-0.15, -0.1) is 13.2 Å². The highest BCUT2D eigenvalue weighted by Crippen LogP contribution is 2.39. The van der Waals surface area contributed by atoms with Crippen LogP contribution < -0.4 is 25.6 Å². The minimum Gasteiger partial charge on any atom is -0.453 e. The van der Waals surface area contributed by atoms with Crippen LogP contribution in [0.2, 0.25) is 0 Å². The van der Waals surface area contributed by atoms with Crippen LogP contribution in [0, 0.1) is 11.7 Å². The number of hydrogen-bond acceptors (Lipinski definition) is 9. The summed E-state index contributed by atoms with van der Waals surface area (Å²) in [5.74, 6) is -1.96. The Bertz CT molecular complexity index is 2200. The van der Waals surface area contributed by atoms with Crippen molar-refractivity contribution in [1.82, 2.24) is 35.4 Å². The van der Waals surface area contributed by atoms with Crippen LogP contribution in [0.5, 0.6) is 5.75 Å². The molecular formula is C41H47F4N9O6. The molecule has 15 nitrogen and oxygen atoms in total. The van der Waals surface area contributed by atoms with Crippen molar-refractivity contribution in [3.63, 3.8) is 0 Å². The molecule has 2 aromatic heterocycles. The van der Waals surface area contributed by atoms with Crippen LogP contribution in [0.25, 0.3) is 22.4 Å². The number of benzene rings is 2. The number of amides is 5. The molecule has 0 aliphatic carbocycles. The van der Waals surface area contributed by atoms with E-state index in [4.69, 9.17) is 4.74 Å². The fourth-order valence-electron chi connectivity index (χ4n) is 7.52. The Morgan fingerprint density at radius 1 is 0.933 bits per heavy atom. The number of piperazine rings is 1. The van der Waals surface area contributed by atoms with Gasteiger partial charge in [0.2, 0.25) is 5.91 Å². The van der Waals surface area contributed by atoms with E-state index in [-0.39, 0.29) is 52.7 Å². The van der Waals surface area contributed by atoms with E-state index in [1.54, 1.807) is 41.2 Å². The first-order valence-corrected chi connectivity index (χ1v) is 19.4. The largest absolute Gasteiger partial charge is 0.573 e. The molecule has 19 heteroatoms. The van der Waals surface area contributed by atoms with Crippen LogP contribution in [0.3, 0.4) is 0 Å². The molecule has 60 heavy (non-hydrogen) atoms. The van der Waals surface area contributed by atoms with Crippen molar-refractivity contribution >= 4 is 35.4 Å². The highest BCUT2D eigenvalue weighted by atomic mass is 19.4. The lowest BCUT2D eigenvalue weighted by molar-refractivity contribution is -0.274. The van der Waals surface area contributed by atoms with Crippen LogP contribution in [0.15, 0.2) is 60.9 Å². The lowest BCUT2D eigenvalue weighted by Crippen LogP contribution is -2.60. The number of methoxy groups -OCH3 is 1. The van der Waals surface area contributed by atoms with E-state index in [1.807, 2.05) is 32.6 Å². The number of hydrogen-bond donors (Lipinski definition) is 4. The summed E-state index contributed by atoms with van der Waals surface area (Å²) in [4.78, 5) is 68.5. The number of alkyl halides is 3. The zero-order chi connectivity index (χ0) is 43.5. The van der Waals surface area contributed by atoms with Crippen LogP contribution in [-0.2, 0) is 9.53 Å². The number of rotatable bonds is 10. The number of likely N-dealkylation sites (tertiary alicyclic amines) is 1. The molecule has 2 saturated heterocycles. The number of aromatic nitrogens is 3. The van der Waals surface area contributed by atoms with Crippen molar-refractivity contribution in [3.8, 4) is 28.1 Å². The lowest BCUT2D eigenvalue weighted by atomic mass is 10.0. The SMILES string of the molecule is CNC(=O)N1C[C@@H](C)N(c2ccc(C(=O)Nc3cc(OC(F)(F)F)c(-c4ccc(-c5cnc([C@@H]6CCCN6C(=O)[C@@H](NC(=O)OC)C(C)C)[nH]5)cc4)cc3F)cn2)C[C@@H]1C. The fourth-order valence-corrected chi connectivity index (χ4v) is 7.52. The number of alkyl carbamates (subject to hydrolysis) is 1. The normalized spacial score (nSPS) is 18.6. The van der Waals surface area contributed by atoms with Gasteiger partial charge in [-0.3, -0.25) is 9.59 Å². The van der Waals surface area contributed by atoms with Gasteiger partial charge in [0.05, 0.1) is 36.3 Å². The van der Waals surface area contributed by atoms with Crippen molar-refractivity contribution < 1.29 is 46.2 Å². The maximum atomic E-state index is 15.6. The zero-order valence-corrected chi connectivity index (χ0v) is 33.9. The summed E-state index contributed by atoms with van der Waals surface area (Å²) in [6.07, 6.45) is -1.64. The molecular weight excluding hydrogens is 790 g/mol. The number of H-pyrrole nitrogens is 1. The second-order valence-electron chi connectivity index (χ2n) is 15.1. The Kier molecular flexibility index (Phi) is 12.8. The zero-order valence-electron chi connectivity index (χ0n) is 33.9. The second kappa shape index (κ2) is 17.8. The Balaban J connectivity index is 1.17. The van der Waals surface area contributed by atoms with Crippen molar-refractivity contribution in [1.29, 1.82) is 0 Å². The van der Waals surface area contributed by atoms with E-state index in [0.717, 1.165) is 18.6 Å². The third kappa shape index (κ3) is 9.55. The van der Waals surface area contributed by atoms with E-state index in [1.165, 1.54) is 31.5 Å². The van der Waals surface area contributed by atoms with E-state index >= 15 is 4.39 Å². The maximum Gasteiger partial charge on any atom is 0.573 e. The third-order valence-corrected chi connectivity index (χ3v) is 10.7. The highest BCUT2D eigenvalue weighted by molar-refractivity contribution is 6.04. The van der Waals surface area contributed by atoms with Crippen LogP contribution in [0.4, 0.5) is 38.7 Å². The number of pyridine rings is 1. The molecule has 0 unspecified atom stereocenters. The van der Waals surface area contributed by atoms with Gasteiger partial charge in [0.15, 0.2) is 0 Å². The molecule has 4 N–H and O–H groups in total. The van der Waals surface area contributed by atoms with Crippen LogP contribution in [-0.4, -0.2) is 107 Å². The highest BCUT2D eigenvalue weighted by Gasteiger charge is 2.38. The standard InChI is InChI=1S/C41H47F4N9O6/c1-22(2)35(51-40(58)59-6)38(56)52-15-7-8-32(52)36-48-19-31(49-36)26-11-9-25(10-12-26)28-16-29(42)30(17-33(28)60-41(43,44)45)50-37(55)27-13-14-34(47-18-27)53-20-24(4)54(21-23(53)3)39(57)46-5/h9-14,16-19,22-24,32,35H,7-8,15,20-21H2,1-6H3,(H,46,57)(H,48,49)(H,50,55)(H,51,58)/t23-,24+,32+,35+/m1/s1. The molecule has 2 fully saturated rings. The Hall–Kier alpha value is -6.40. The number of nitrogens with zero attached hydrogens (tertiary/aromatic N) is 5. The molecule has 4 aromatic rings. The second-order valence-corrected chi connectivity index (χ2v) is 15.1. The summed E-state index contributed by atoms with van der Waals surface area (Å²) in [5, 5.41) is 7.58. The number of urea groups is 1. The number of halogens is 4. The van der Waals surface area contributed by atoms with Gasteiger partial charge in [-0.05, 0) is 61.9 Å². The number of carbonyl (C=O) groups excluding carboxylic acids is 4. The summed E-state index contributed by atoms with van der Waals surface area (Å²) < 4.78 is 65.6. The molecule has 0 radical (unpaired) electrons. The van der Waals surface area contributed by atoms with Gasteiger partial charge in [-0.1, -0.05) is 38.1 Å². The first kappa shape index (κ1) is 43.2. The van der Waals surface area contributed by atoms with Gasteiger partial charge < -0.3 is 45.1 Å². The van der Waals surface area contributed by atoms with Gasteiger partial charge >= 0.3 is 18.5 Å². The van der Waals surface area contributed by atoms with Gasteiger partial charge in [-0.2, -0.15) is 0 Å². The van der Waals surface area contributed by atoms with Crippen molar-refractivity contribution in [2.24, 2.45) is 5.92 Å². The molecule has 0 spiro atoms. The third-order valence-electron chi connectivity index (χ3n) is 10.7. The molecule has 2 aliphatic rings. The number of ether oxygens (including phenoxy) is 2. The molecule has 0 saturated carbocycles. The maximum absolute atomic E-state index is 15.6. The quantitative estimate of drug-likeness (QED) is 0.127. The fraction of sp³-hybridized carbons (Fsp3) is 0.415. The predicted molar refractivity (Wildman–Crippen MR) is 214 cm³/mol. The smallest absolute Gasteiger partial charge is 0.453 e. The molecule has 2 aliphatic heterocycles. The minimum absolute atomic E-state index is 0.0327. The van der Waals surface area contributed by atoms with Crippen LogP contribution in [0.1, 0.15) is 62.8 Å². The van der Waals surface area contributed by atoms with Gasteiger partial charge in [-0.25, -0.2) is 23.9 Å². The van der Waals surface area contributed by atoms with E-state index in [9.17, 15) is 32.3 Å². The number of carbonyl (C=O) groups is 4. The summed E-state index contributed by atoms with van der Waals surface area (Å²) in [5.41, 5.74) is 0.644. The Morgan fingerprint density at radius 3 is 2.28 bits per heavy atom. The van der Waals surface area contributed by atoms with E-state index in [0.29, 0.717) is 49.0 Å². The van der Waals surface area contributed by atoms with Gasteiger partial charge in [0.25, 0.3) is 5.91 Å². The first-order chi connectivity index (χ1) is 28.5. The molecule has 6 rings (SSSR count). The summed E-state index contributed by atoms with van der Waals surface area (Å²) in [6.45, 7) is 8.88. The topological polar surface area (TPSA) is 174 Å². The molecule has 4 heterocycles. The molecule has 320 valence electrons. The summed E-state index contributed by atoms with van der Waals surface area (Å²) in [6, 6.07) is 9.35. The van der Waals surface area contributed by atoms with Crippen LogP contribution >= 0.6 is 0 Å². The molecule has 2 aromatic carbocycles. The first-order valence-electron chi connectivity index (χ1n) is 19.4. The van der Waals surface area contributed by atoms with Crippen molar-refractivity contribution in [3.05, 3.63) is 78.1 Å². The average molecular weight is 838 g/mol. The Morgan fingerprint density at radius 2 is 1.65 bits per heavy atom. The number of nitrogens with one attached hydrogen (secondary N) is 4. The summed E-state index contributed by atoms with van der Waals surface area (Å²) >= 11 is 0. The molecule has 4 atom stereocenters. The lowest BCUT2D eigenvalue weighted by Gasteiger charge is -2.44. The summed E-state index contributed by atoms with van der Waals surface area (Å²) in [7, 11) is 2.79. The average Bonchev–Trinajstić information content (AvgIpc) is 3.91. The van der Waals surface area contributed by atoms with E-state index < -0.39 is 41.7 Å². The molecule has 0 bridgehead atoms. The molecule has 5 amide bonds. The minimum atomic E-state index is -5.14. The van der Waals surface area contributed by atoms with Gasteiger partial charge in [0.1, 0.15) is 29.3 Å². The van der Waals surface area contributed by atoms with E-state index in [2.05, 4.69) is 35.6 Å². The number of imidazole rings is 1. The number of aromatic amines is 1. The van der Waals surface area contributed by atoms with Crippen molar-refractivity contribution in [2.45, 2.75) is 71.1 Å². The van der Waals surface area contributed by atoms with Crippen molar-refractivity contribution in [2.75, 3.05) is 44.0 Å². The Labute approximate surface area is 343 Å². The monoisotopic (exact) mass is 837 g/mol. The predicted octanol–water partition coefficient (Wildman–Crippen LogP) is 6.71.